The Morgan fingerprint density at radius 1 is 0.600 bits per heavy atom. The topological polar surface area (TPSA) is 70.2 Å². The summed E-state index contributed by atoms with van der Waals surface area (Å²) in [5.41, 5.74) is 7.32. The van der Waals surface area contributed by atoms with Crippen LogP contribution in [0.5, 0.6) is 0 Å². The van der Waals surface area contributed by atoms with Crippen LogP contribution in [0.1, 0.15) is 22.8 Å². The minimum Gasteiger partial charge on any atom is -0.355 e. The first-order chi connectivity index (χ1) is 11.8. The van der Waals surface area contributed by atoms with Crippen LogP contribution in [0, 0.1) is 0 Å². The summed E-state index contributed by atoms with van der Waals surface area (Å²) in [6.07, 6.45) is 9.77. The van der Waals surface area contributed by atoms with Crippen molar-refractivity contribution in [2.24, 2.45) is 0 Å². The van der Waals surface area contributed by atoms with Crippen molar-refractivity contribution in [3.8, 4) is 0 Å². The predicted molar refractivity (Wildman–Crippen MR) is 96.7 cm³/mol. The average molecular weight is 370 g/mol. The molecule has 0 aromatic carbocycles. The number of aromatic nitrogens is 5. The van der Waals surface area contributed by atoms with Crippen LogP contribution in [0.25, 0.3) is 46.5 Å². The molecule has 124 valence electrons. The molecule has 0 radical (unpaired) electrons. The maximum Gasteiger partial charge on any atom is 0.132 e. The summed E-state index contributed by atoms with van der Waals surface area (Å²) < 4.78 is 0. The van der Waals surface area contributed by atoms with Crippen LogP contribution in [-0.2, 0) is 16.5 Å². The maximum absolute atomic E-state index is 4.61. The molecule has 25 heavy (non-hydrogen) atoms. The number of hydrogen-bond acceptors (Lipinski definition) is 3. The Morgan fingerprint density at radius 3 is 1.72 bits per heavy atom. The Hall–Kier alpha value is -2.98. The summed E-state index contributed by atoms with van der Waals surface area (Å²) in [6.45, 7) is 0. The van der Waals surface area contributed by atoms with Gasteiger partial charge in [0.1, 0.15) is 5.65 Å². The van der Waals surface area contributed by atoms with Crippen LogP contribution in [0.3, 0.4) is 0 Å². The van der Waals surface area contributed by atoms with Gasteiger partial charge in [0.25, 0.3) is 0 Å². The summed E-state index contributed by atoms with van der Waals surface area (Å²) in [7, 11) is 0. The van der Waals surface area contributed by atoms with Crippen molar-refractivity contribution in [1.82, 2.24) is 24.9 Å². The first-order valence-electron chi connectivity index (χ1n) is 7.71. The van der Waals surface area contributed by atoms with E-state index in [9.17, 15) is 0 Å². The van der Waals surface area contributed by atoms with Gasteiger partial charge in [0.15, 0.2) is 0 Å². The van der Waals surface area contributed by atoms with Crippen LogP contribution in [0.15, 0.2) is 42.6 Å². The van der Waals surface area contributed by atoms with Gasteiger partial charge in [-0.1, -0.05) is 0 Å². The summed E-state index contributed by atoms with van der Waals surface area (Å²) in [5.74, 6) is 0. The zero-order valence-electron chi connectivity index (χ0n) is 13.0. The molecule has 8 bridgehead atoms. The minimum absolute atomic E-state index is 0. The van der Waals surface area contributed by atoms with Gasteiger partial charge in [-0.25, -0.2) is 15.0 Å². The molecule has 5 nitrogen and oxygen atoms in total. The van der Waals surface area contributed by atoms with Gasteiger partial charge in [0.2, 0.25) is 0 Å². The average Bonchev–Trinajstić information content (AvgIpc) is 3.32. The molecule has 0 spiro atoms. The summed E-state index contributed by atoms with van der Waals surface area (Å²) in [6, 6.07) is 12.0. The first-order valence-corrected chi connectivity index (χ1v) is 7.71. The Balaban J connectivity index is 0.00000157. The second-order valence-electron chi connectivity index (χ2n) is 5.76. The molecule has 2 aliphatic rings. The molecule has 0 atom stereocenters. The van der Waals surface area contributed by atoms with Gasteiger partial charge in [0, 0.05) is 33.6 Å². The zero-order valence-corrected chi connectivity index (χ0v) is 14.0. The van der Waals surface area contributed by atoms with Gasteiger partial charge >= 0.3 is 0 Å². The molecule has 0 amide bonds. The number of aromatic amines is 2. The first kappa shape index (κ1) is 15.5. The van der Waals surface area contributed by atoms with E-state index in [1.165, 1.54) is 0 Å². The van der Waals surface area contributed by atoms with Crippen LogP contribution in [0.2, 0.25) is 0 Å². The van der Waals surface area contributed by atoms with E-state index in [0.29, 0.717) is 0 Å². The van der Waals surface area contributed by atoms with Crippen LogP contribution in [-0.4, -0.2) is 24.9 Å². The Bertz CT molecular complexity index is 992. The number of nitrogens with zero attached hydrogens (tertiary/aromatic N) is 3. The van der Waals surface area contributed by atoms with E-state index in [1.54, 1.807) is 6.20 Å². The molecule has 0 saturated carbocycles. The molecule has 0 aliphatic carbocycles. The molecule has 3 aromatic rings. The fraction of sp³-hybridized carbons (Fsp3) is 0. The molecular formula is C19H13N5Ni. The monoisotopic (exact) mass is 369 g/mol. The third-order valence-corrected chi connectivity index (χ3v) is 3.91. The normalized spacial score (nSPS) is 12.2. The fourth-order valence-corrected chi connectivity index (χ4v) is 2.82. The van der Waals surface area contributed by atoms with Crippen molar-refractivity contribution in [2.75, 3.05) is 0 Å². The van der Waals surface area contributed by atoms with Gasteiger partial charge in [0.05, 0.1) is 34.5 Å². The van der Waals surface area contributed by atoms with Crippen molar-refractivity contribution in [3.63, 3.8) is 0 Å². The molecular weight excluding hydrogens is 357 g/mol. The smallest absolute Gasteiger partial charge is 0.132 e. The largest absolute Gasteiger partial charge is 0.355 e. The molecule has 0 fully saturated rings. The Labute approximate surface area is 153 Å². The SMILES string of the molecule is C1=Cc2cc3cnc(cc4nc(cc5ccc(cc1n2)[nH]5)C=C4)[nH]3.[Ni]. The van der Waals surface area contributed by atoms with Gasteiger partial charge < -0.3 is 9.97 Å². The fourth-order valence-electron chi connectivity index (χ4n) is 2.82. The summed E-state index contributed by atoms with van der Waals surface area (Å²) in [4.78, 5) is 20.2. The number of fused-ring (bicyclic) bond motifs is 8. The standard InChI is InChI=1S/C19H13N5.Ni/c1-2-13-8-15-5-6-17(23-15)10-19-20-11-18(24-19)9-16-4-3-14(22-16)7-12(1)21-13;/h1-11,21H,(H,20,24);. The molecule has 5 rings (SSSR count). The molecule has 2 N–H and O–H groups in total. The van der Waals surface area contributed by atoms with E-state index >= 15 is 0 Å². The molecule has 2 aliphatic heterocycles. The molecule has 5 heterocycles. The maximum atomic E-state index is 4.61. The second kappa shape index (κ2) is 6.15. The van der Waals surface area contributed by atoms with Crippen molar-refractivity contribution in [3.05, 3.63) is 65.4 Å². The number of nitrogens with one attached hydrogen (secondary N) is 2. The summed E-state index contributed by atoms with van der Waals surface area (Å²) >= 11 is 0. The van der Waals surface area contributed by atoms with Crippen LogP contribution >= 0.6 is 0 Å². The number of rotatable bonds is 0. The molecule has 0 unspecified atom stereocenters. The van der Waals surface area contributed by atoms with Gasteiger partial charge in [-0.05, 0) is 54.6 Å². The van der Waals surface area contributed by atoms with E-state index in [2.05, 4.69) is 24.9 Å². The van der Waals surface area contributed by atoms with E-state index in [-0.39, 0.29) is 16.5 Å². The van der Waals surface area contributed by atoms with E-state index in [4.69, 9.17) is 0 Å². The molecule has 3 aromatic heterocycles. The second-order valence-corrected chi connectivity index (χ2v) is 5.76. The van der Waals surface area contributed by atoms with Crippen molar-refractivity contribution in [2.45, 2.75) is 0 Å². The number of imidazole rings is 1. The third-order valence-electron chi connectivity index (χ3n) is 3.91. The van der Waals surface area contributed by atoms with Crippen molar-refractivity contribution >= 4 is 46.5 Å². The zero-order chi connectivity index (χ0) is 15.9. The Morgan fingerprint density at radius 2 is 1.12 bits per heavy atom. The van der Waals surface area contributed by atoms with Crippen molar-refractivity contribution < 1.29 is 16.5 Å². The Kier molecular flexibility index (Phi) is 3.82. The van der Waals surface area contributed by atoms with Gasteiger partial charge in [-0.15, -0.1) is 0 Å². The van der Waals surface area contributed by atoms with Crippen LogP contribution < -0.4 is 0 Å². The number of H-pyrrole nitrogens is 2. The number of hydrogen-bond donors (Lipinski definition) is 2. The van der Waals surface area contributed by atoms with E-state index in [1.807, 2.05) is 60.7 Å². The predicted octanol–water partition coefficient (Wildman–Crippen LogP) is 4.05. The summed E-state index contributed by atoms with van der Waals surface area (Å²) in [5, 5.41) is 0. The van der Waals surface area contributed by atoms with Gasteiger partial charge in [-0.3, -0.25) is 0 Å². The third kappa shape index (κ3) is 3.17. The minimum atomic E-state index is 0. The molecule has 6 heteroatoms. The van der Waals surface area contributed by atoms with Crippen molar-refractivity contribution in [1.29, 1.82) is 0 Å². The molecule has 0 saturated heterocycles. The van der Waals surface area contributed by atoms with E-state index in [0.717, 1.165) is 45.0 Å². The van der Waals surface area contributed by atoms with Crippen LogP contribution in [0.4, 0.5) is 0 Å². The van der Waals surface area contributed by atoms with Gasteiger partial charge in [-0.2, -0.15) is 0 Å². The van der Waals surface area contributed by atoms with E-state index < -0.39 is 0 Å². The quantitative estimate of drug-likeness (QED) is 0.404.